The highest BCUT2D eigenvalue weighted by atomic mass is 35.5. The maximum Gasteiger partial charge on any atom is 0.0595 e. The Hall–Kier alpha value is -2.26. The summed E-state index contributed by atoms with van der Waals surface area (Å²) in [5.74, 6) is 0. The number of halogens is 2. The zero-order valence-corrected chi connectivity index (χ0v) is 18.6. The van der Waals surface area contributed by atoms with Crippen LogP contribution in [0.2, 0.25) is 10.0 Å². The predicted molar refractivity (Wildman–Crippen MR) is 129 cm³/mol. The number of hydrogen-bond acceptors (Lipinski definition) is 1. The van der Waals surface area contributed by atoms with Crippen molar-refractivity contribution in [3.05, 3.63) is 106 Å². The molecule has 1 atom stereocenters. The molecule has 1 aromatic heterocycles. The lowest BCUT2D eigenvalue weighted by molar-refractivity contribution is 0.514. The van der Waals surface area contributed by atoms with E-state index in [1.165, 1.54) is 22.0 Å². The van der Waals surface area contributed by atoms with Crippen molar-refractivity contribution in [3.8, 4) is 0 Å². The normalized spacial score (nSPS) is 12.4. The molecule has 0 saturated carbocycles. The highest BCUT2D eigenvalue weighted by Crippen LogP contribution is 2.26. The molecule has 1 N–H and O–H groups in total. The topological polar surface area (TPSA) is 17.0 Å². The van der Waals surface area contributed by atoms with Crippen LogP contribution in [0.3, 0.4) is 0 Å². The Bertz CT molecular complexity index is 1120. The fourth-order valence-corrected chi connectivity index (χ4v) is 4.16. The number of aromatic nitrogens is 1. The number of aryl methyl sites for hydroxylation is 1. The molecule has 2 nitrogen and oxygen atoms in total. The molecule has 4 rings (SSSR count). The first-order valence-corrected chi connectivity index (χ1v) is 11.1. The van der Waals surface area contributed by atoms with E-state index in [0.717, 1.165) is 31.5 Å². The van der Waals surface area contributed by atoms with Gasteiger partial charge in [-0.1, -0.05) is 77.8 Å². The number of para-hydroxylation sites is 1. The second-order valence-electron chi connectivity index (χ2n) is 7.85. The zero-order valence-electron chi connectivity index (χ0n) is 17.1. The molecule has 0 aliphatic carbocycles. The molecule has 0 unspecified atom stereocenters. The second kappa shape index (κ2) is 9.70. The van der Waals surface area contributed by atoms with Gasteiger partial charge in [-0.25, -0.2) is 0 Å². The van der Waals surface area contributed by atoms with Crippen LogP contribution < -0.4 is 5.32 Å². The number of rotatable bonds is 8. The summed E-state index contributed by atoms with van der Waals surface area (Å²) in [5, 5.41) is 6.18. The van der Waals surface area contributed by atoms with Gasteiger partial charge in [0.05, 0.1) is 10.0 Å². The van der Waals surface area contributed by atoms with Crippen molar-refractivity contribution >= 4 is 34.1 Å². The van der Waals surface area contributed by atoms with Crippen molar-refractivity contribution < 1.29 is 0 Å². The highest BCUT2D eigenvalue weighted by molar-refractivity contribution is 6.42. The van der Waals surface area contributed by atoms with Crippen LogP contribution in [0.15, 0.2) is 79.0 Å². The average Bonchev–Trinajstić information content (AvgIpc) is 3.12. The van der Waals surface area contributed by atoms with Crippen LogP contribution in [0.1, 0.15) is 30.0 Å². The molecule has 0 fully saturated rings. The molecule has 30 heavy (non-hydrogen) atoms. The molecule has 4 heteroatoms. The summed E-state index contributed by atoms with van der Waals surface area (Å²) >= 11 is 12.3. The summed E-state index contributed by atoms with van der Waals surface area (Å²) in [5.41, 5.74) is 5.08. The first-order valence-electron chi connectivity index (χ1n) is 10.4. The number of nitrogens with one attached hydrogen (secondary N) is 1. The van der Waals surface area contributed by atoms with Crippen molar-refractivity contribution in [2.24, 2.45) is 0 Å². The highest BCUT2D eigenvalue weighted by Gasteiger charge is 2.11. The molecule has 154 valence electrons. The Balaban J connectivity index is 1.45. The van der Waals surface area contributed by atoms with Crippen molar-refractivity contribution in [2.75, 3.05) is 0 Å². The Labute approximate surface area is 188 Å². The molecule has 0 bridgehead atoms. The van der Waals surface area contributed by atoms with Gasteiger partial charge in [0, 0.05) is 36.2 Å². The van der Waals surface area contributed by atoms with E-state index in [4.69, 9.17) is 23.2 Å². The molecule has 0 radical (unpaired) electrons. The molecule has 0 aliphatic rings. The Kier molecular flexibility index (Phi) is 6.79. The third-order valence-corrected chi connectivity index (χ3v) is 6.30. The average molecular weight is 437 g/mol. The Morgan fingerprint density at radius 2 is 1.63 bits per heavy atom. The van der Waals surface area contributed by atoms with Gasteiger partial charge >= 0.3 is 0 Å². The molecule has 4 aromatic rings. The Morgan fingerprint density at radius 1 is 0.867 bits per heavy atom. The van der Waals surface area contributed by atoms with Crippen LogP contribution in [-0.4, -0.2) is 10.6 Å². The van der Waals surface area contributed by atoms with E-state index < -0.39 is 0 Å². The summed E-state index contributed by atoms with van der Waals surface area (Å²) in [6.45, 7) is 3.88. The van der Waals surface area contributed by atoms with Gasteiger partial charge in [-0.15, -0.1) is 0 Å². The fraction of sp³-hybridized carbons (Fsp3) is 0.231. The van der Waals surface area contributed by atoms with Gasteiger partial charge in [-0.2, -0.15) is 0 Å². The van der Waals surface area contributed by atoms with Crippen LogP contribution >= 0.6 is 23.2 Å². The van der Waals surface area contributed by atoms with Gasteiger partial charge in [-0.3, -0.25) is 0 Å². The number of nitrogens with zero attached hydrogens (tertiary/aromatic N) is 1. The predicted octanol–water partition coefficient (Wildman–Crippen LogP) is 7.11. The van der Waals surface area contributed by atoms with Gasteiger partial charge in [0.25, 0.3) is 0 Å². The minimum atomic E-state index is 0.447. The van der Waals surface area contributed by atoms with Gasteiger partial charge in [-0.05, 0) is 54.7 Å². The van der Waals surface area contributed by atoms with Gasteiger partial charge in [0.1, 0.15) is 0 Å². The monoisotopic (exact) mass is 436 g/mol. The molecule has 0 saturated heterocycles. The van der Waals surface area contributed by atoms with E-state index in [1.807, 2.05) is 18.2 Å². The molecule has 0 aliphatic heterocycles. The number of hydrogen-bond donors (Lipinski definition) is 1. The summed E-state index contributed by atoms with van der Waals surface area (Å²) in [6, 6.07) is 25.5. The number of benzene rings is 3. The van der Waals surface area contributed by atoms with Crippen molar-refractivity contribution in [1.82, 2.24) is 9.88 Å². The number of fused-ring (bicyclic) bond motifs is 1. The van der Waals surface area contributed by atoms with E-state index >= 15 is 0 Å². The van der Waals surface area contributed by atoms with E-state index in [-0.39, 0.29) is 0 Å². The van der Waals surface area contributed by atoms with Crippen molar-refractivity contribution in [1.29, 1.82) is 0 Å². The second-order valence-corrected chi connectivity index (χ2v) is 8.67. The van der Waals surface area contributed by atoms with Crippen LogP contribution in [0.25, 0.3) is 10.9 Å². The standard InChI is InChI=1S/C26H26Cl2N2/c1-19(11-12-20-7-3-2-4-8-20)29-16-22-18-30(26-10-6-5-9-23(22)26)17-21-13-14-24(27)25(28)15-21/h2-10,13-15,18-19,29H,11-12,16-17H2,1H3/t19-/m1/s1. The molecule has 3 aromatic carbocycles. The summed E-state index contributed by atoms with van der Waals surface area (Å²) in [4.78, 5) is 0. The summed E-state index contributed by atoms with van der Waals surface area (Å²) < 4.78 is 2.29. The van der Waals surface area contributed by atoms with E-state index in [1.54, 1.807) is 0 Å². The zero-order chi connectivity index (χ0) is 20.9. The summed E-state index contributed by atoms with van der Waals surface area (Å²) in [7, 11) is 0. The molecular weight excluding hydrogens is 411 g/mol. The largest absolute Gasteiger partial charge is 0.343 e. The van der Waals surface area contributed by atoms with Crippen molar-refractivity contribution in [3.63, 3.8) is 0 Å². The van der Waals surface area contributed by atoms with Crippen molar-refractivity contribution in [2.45, 2.75) is 38.9 Å². The van der Waals surface area contributed by atoms with Crippen LogP contribution in [0.4, 0.5) is 0 Å². The lowest BCUT2D eigenvalue weighted by Gasteiger charge is -2.13. The van der Waals surface area contributed by atoms with Gasteiger partial charge in [0.2, 0.25) is 0 Å². The fourth-order valence-electron chi connectivity index (χ4n) is 3.84. The van der Waals surface area contributed by atoms with E-state index in [0.29, 0.717) is 16.1 Å². The smallest absolute Gasteiger partial charge is 0.0595 e. The minimum Gasteiger partial charge on any atom is -0.343 e. The van der Waals surface area contributed by atoms with E-state index in [2.05, 4.69) is 77.6 Å². The van der Waals surface area contributed by atoms with E-state index in [9.17, 15) is 0 Å². The molecule has 0 amide bonds. The summed E-state index contributed by atoms with van der Waals surface area (Å²) in [6.07, 6.45) is 4.46. The Morgan fingerprint density at radius 3 is 2.43 bits per heavy atom. The lowest BCUT2D eigenvalue weighted by Crippen LogP contribution is -2.25. The maximum atomic E-state index is 6.21. The molecule has 0 spiro atoms. The third-order valence-electron chi connectivity index (χ3n) is 5.56. The third kappa shape index (κ3) is 5.07. The minimum absolute atomic E-state index is 0.447. The SMILES string of the molecule is C[C@H](CCc1ccccc1)NCc1cn(Cc2ccc(Cl)c(Cl)c2)c2ccccc12. The van der Waals surface area contributed by atoms with Crippen LogP contribution in [0.5, 0.6) is 0 Å². The first kappa shape index (κ1) is 21.0. The molecular formula is C26H26Cl2N2. The lowest BCUT2D eigenvalue weighted by atomic mass is 10.1. The maximum absolute atomic E-state index is 6.21. The van der Waals surface area contributed by atoms with Gasteiger partial charge < -0.3 is 9.88 Å². The van der Waals surface area contributed by atoms with Crippen LogP contribution in [-0.2, 0) is 19.5 Å². The molecule has 1 heterocycles. The van der Waals surface area contributed by atoms with Gasteiger partial charge in [0.15, 0.2) is 0 Å². The van der Waals surface area contributed by atoms with Crippen LogP contribution in [0, 0.1) is 0 Å². The first-order chi connectivity index (χ1) is 14.6. The quantitative estimate of drug-likeness (QED) is 0.311.